The first-order valence-corrected chi connectivity index (χ1v) is 6.46. The average Bonchev–Trinajstić information content (AvgIpc) is 2.97. The Labute approximate surface area is 116 Å². The van der Waals surface area contributed by atoms with Crippen LogP contribution < -0.4 is 10.6 Å². The van der Waals surface area contributed by atoms with Crippen LogP contribution in [0, 0.1) is 5.41 Å². The van der Waals surface area contributed by atoms with E-state index in [1.165, 1.54) is 12.5 Å². The maximum atomic E-state index is 11.7. The number of furan rings is 1. The van der Waals surface area contributed by atoms with Gasteiger partial charge >= 0.3 is 12.0 Å². The molecule has 110 valence electrons. The lowest BCUT2D eigenvalue weighted by atomic mass is 9.80. The van der Waals surface area contributed by atoms with Gasteiger partial charge in [-0.3, -0.25) is 4.79 Å². The molecule has 7 nitrogen and oxygen atoms in total. The van der Waals surface area contributed by atoms with E-state index in [1.807, 2.05) is 0 Å². The van der Waals surface area contributed by atoms with Crippen molar-refractivity contribution in [2.75, 3.05) is 19.8 Å². The highest BCUT2D eigenvalue weighted by Gasteiger charge is 2.40. The monoisotopic (exact) mass is 282 g/mol. The fraction of sp³-hybridized carbons (Fsp3) is 0.538. The van der Waals surface area contributed by atoms with Gasteiger partial charge in [-0.2, -0.15) is 0 Å². The zero-order chi connectivity index (χ0) is 14.4. The second-order valence-electron chi connectivity index (χ2n) is 4.87. The summed E-state index contributed by atoms with van der Waals surface area (Å²) in [5.74, 6) is -0.893. The predicted molar refractivity (Wildman–Crippen MR) is 69.1 cm³/mol. The van der Waals surface area contributed by atoms with Crippen molar-refractivity contribution in [1.82, 2.24) is 10.6 Å². The van der Waals surface area contributed by atoms with Crippen LogP contribution in [0.15, 0.2) is 23.0 Å². The van der Waals surface area contributed by atoms with Crippen molar-refractivity contribution in [2.24, 2.45) is 5.41 Å². The molecule has 1 aliphatic heterocycles. The minimum absolute atomic E-state index is 0.100. The zero-order valence-corrected chi connectivity index (χ0v) is 11.1. The molecule has 0 aromatic carbocycles. The van der Waals surface area contributed by atoms with Gasteiger partial charge in [-0.1, -0.05) is 0 Å². The predicted octanol–water partition coefficient (Wildman–Crippen LogP) is 0.960. The number of carbonyl (C=O) groups is 2. The molecule has 0 spiro atoms. The fourth-order valence-electron chi connectivity index (χ4n) is 2.12. The first-order chi connectivity index (χ1) is 9.62. The zero-order valence-electron chi connectivity index (χ0n) is 11.1. The number of urea groups is 1. The Kier molecular flexibility index (Phi) is 4.62. The van der Waals surface area contributed by atoms with Crippen molar-refractivity contribution in [1.29, 1.82) is 0 Å². The Hall–Kier alpha value is -2.02. The molecule has 20 heavy (non-hydrogen) atoms. The van der Waals surface area contributed by atoms with Gasteiger partial charge in [-0.15, -0.1) is 0 Å². The van der Waals surface area contributed by atoms with E-state index in [0.29, 0.717) is 32.6 Å². The molecule has 1 aliphatic rings. The molecule has 0 saturated carbocycles. The standard InChI is InChI=1S/C13H18N2O5/c16-11(17)13(2-5-19-6-3-13)9-15-12(18)14-7-10-1-4-20-8-10/h1,4,8H,2-3,5-7,9H2,(H,16,17)(H2,14,15,18). The van der Waals surface area contributed by atoms with Crippen molar-refractivity contribution < 1.29 is 23.8 Å². The van der Waals surface area contributed by atoms with Crippen LogP contribution in [0.25, 0.3) is 0 Å². The minimum atomic E-state index is -0.925. The van der Waals surface area contributed by atoms with Crippen molar-refractivity contribution in [3.8, 4) is 0 Å². The quantitative estimate of drug-likeness (QED) is 0.746. The van der Waals surface area contributed by atoms with E-state index >= 15 is 0 Å². The molecule has 0 aliphatic carbocycles. The molecule has 2 heterocycles. The highest BCUT2D eigenvalue weighted by Crippen LogP contribution is 2.29. The van der Waals surface area contributed by atoms with E-state index in [9.17, 15) is 14.7 Å². The first-order valence-electron chi connectivity index (χ1n) is 6.46. The lowest BCUT2D eigenvalue weighted by Crippen LogP contribution is -2.48. The smallest absolute Gasteiger partial charge is 0.315 e. The van der Waals surface area contributed by atoms with Crippen molar-refractivity contribution >= 4 is 12.0 Å². The number of nitrogens with one attached hydrogen (secondary N) is 2. The van der Waals surface area contributed by atoms with Crippen molar-refractivity contribution in [3.05, 3.63) is 24.2 Å². The van der Waals surface area contributed by atoms with Crippen LogP contribution in [0.2, 0.25) is 0 Å². The second-order valence-corrected chi connectivity index (χ2v) is 4.87. The number of amides is 2. The van der Waals surface area contributed by atoms with Crippen LogP contribution >= 0.6 is 0 Å². The molecule has 3 N–H and O–H groups in total. The molecule has 0 radical (unpaired) electrons. The summed E-state index contributed by atoms with van der Waals surface area (Å²) in [7, 11) is 0. The first kappa shape index (κ1) is 14.4. The summed E-state index contributed by atoms with van der Waals surface area (Å²) in [5.41, 5.74) is -0.0789. The Morgan fingerprint density at radius 2 is 2.05 bits per heavy atom. The van der Waals surface area contributed by atoms with Crippen LogP contribution in [0.4, 0.5) is 4.79 Å². The molecule has 1 aromatic heterocycles. The molecular formula is C13H18N2O5. The molecule has 2 amide bonds. The van der Waals surface area contributed by atoms with E-state index in [1.54, 1.807) is 6.07 Å². The third kappa shape index (κ3) is 3.51. The highest BCUT2D eigenvalue weighted by molar-refractivity contribution is 5.78. The van der Waals surface area contributed by atoms with E-state index in [4.69, 9.17) is 9.15 Å². The summed E-state index contributed by atoms with van der Waals surface area (Å²) < 4.78 is 10.1. The largest absolute Gasteiger partial charge is 0.481 e. The van der Waals surface area contributed by atoms with Crippen molar-refractivity contribution in [3.63, 3.8) is 0 Å². The van der Waals surface area contributed by atoms with Gasteiger partial charge in [-0.05, 0) is 18.9 Å². The number of ether oxygens (including phenoxy) is 1. The highest BCUT2D eigenvalue weighted by atomic mass is 16.5. The molecule has 0 atom stereocenters. The normalized spacial score (nSPS) is 17.4. The van der Waals surface area contributed by atoms with Gasteiger partial charge in [0.15, 0.2) is 0 Å². The van der Waals surface area contributed by atoms with E-state index in [2.05, 4.69) is 10.6 Å². The third-order valence-electron chi connectivity index (χ3n) is 3.52. The van der Waals surface area contributed by atoms with Gasteiger partial charge in [0.1, 0.15) is 0 Å². The van der Waals surface area contributed by atoms with Gasteiger partial charge in [0, 0.05) is 31.9 Å². The van der Waals surface area contributed by atoms with E-state index < -0.39 is 17.4 Å². The molecular weight excluding hydrogens is 264 g/mol. The van der Waals surface area contributed by atoms with E-state index in [0.717, 1.165) is 5.56 Å². The summed E-state index contributed by atoms with van der Waals surface area (Å²) in [6.07, 6.45) is 3.88. The van der Waals surface area contributed by atoms with E-state index in [-0.39, 0.29) is 6.54 Å². The summed E-state index contributed by atoms with van der Waals surface area (Å²) in [5, 5.41) is 14.6. The maximum absolute atomic E-state index is 11.7. The van der Waals surface area contributed by atoms with Crippen LogP contribution in [0.1, 0.15) is 18.4 Å². The number of carbonyl (C=O) groups excluding carboxylic acids is 1. The van der Waals surface area contributed by atoms with Crippen molar-refractivity contribution in [2.45, 2.75) is 19.4 Å². The number of carboxylic acid groups (broad SMARTS) is 1. The Balaban J connectivity index is 1.80. The fourth-order valence-corrected chi connectivity index (χ4v) is 2.12. The average molecular weight is 282 g/mol. The Morgan fingerprint density at radius 1 is 1.30 bits per heavy atom. The minimum Gasteiger partial charge on any atom is -0.481 e. The Bertz CT molecular complexity index is 451. The molecule has 0 unspecified atom stereocenters. The lowest BCUT2D eigenvalue weighted by molar-refractivity contribution is -0.154. The molecule has 7 heteroatoms. The van der Waals surface area contributed by atoms with Crippen LogP contribution in [-0.4, -0.2) is 36.9 Å². The molecule has 0 bridgehead atoms. The van der Waals surface area contributed by atoms with Crippen LogP contribution in [0.5, 0.6) is 0 Å². The summed E-state index contributed by atoms with van der Waals surface area (Å²) in [6, 6.07) is 1.36. The van der Waals surface area contributed by atoms with Gasteiger partial charge in [0.25, 0.3) is 0 Å². The molecule has 2 rings (SSSR count). The second kappa shape index (κ2) is 6.42. The third-order valence-corrected chi connectivity index (χ3v) is 3.52. The van der Waals surface area contributed by atoms with Crippen LogP contribution in [-0.2, 0) is 16.1 Å². The molecule has 1 aromatic rings. The molecule has 1 fully saturated rings. The lowest BCUT2D eigenvalue weighted by Gasteiger charge is -2.33. The van der Waals surface area contributed by atoms with Gasteiger partial charge in [0.05, 0.1) is 17.9 Å². The summed E-state index contributed by atoms with van der Waals surface area (Å²) >= 11 is 0. The number of aliphatic carboxylic acids is 1. The number of rotatable bonds is 5. The maximum Gasteiger partial charge on any atom is 0.315 e. The Morgan fingerprint density at radius 3 is 2.65 bits per heavy atom. The number of carboxylic acids is 1. The van der Waals surface area contributed by atoms with Gasteiger partial charge < -0.3 is 24.9 Å². The van der Waals surface area contributed by atoms with Gasteiger partial charge in [0.2, 0.25) is 0 Å². The van der Waals surface area contributed by atoms with Gasteiger partial charge in [-0.25, -0.2) is 4.79 Å². The summed E-state index contributed by atoms with van der Waals surface area (Å²) in [6.45, 7) is 1.25. The topological polar surface area (TPSA) is 101 Å². The molecule has 1 saturated heterocycles. The number of hydrogen-bond acceptors (Lipinski definition) is 4. The SMILES string of the molecule is O=C(NCc1ccoc1)NCC1(C(=O)O)CCOCC1. The van der Waals surface area contributed by atoms with Crippen LogP contribution in [0.3, 0.4) is 0 Å². The summed E-state index contributed by atoms with van der Waals surface area (Å²) in [4.78, 5) is 23.1. The number of hydrogen-bond donors (Lipinski definition) is 3.